The van der Waals surface area contributed by atoms with Crippen molar-refractivity contribution in [1.82, 2.24) is 10.2 Å². The number of aliphatic hydroxyl groups excluding tert-OH is 3. The Labute approximate surface area is 109 Å². The van der Waals surface area contributed by atoms with Gasteiger partial charge in [0.25, 0.3) is 0 Å². The smallest absolute Gasteiger partial charge is 0.319 e. The predicted molar refractivity (Wildman–Crippen MR) is 59.9 cm³/mol. The molecular weight excluding hydrogens is 259 g/mol. The summed E-state index contributed by atoms with van der Waals surface area (Å²) >= 11 is 0. The Morgan fingerprint density at radius 3 is 2.68 bits per heavy atom. The summed E-state index contributed by atoms with van der Waals surface area (Å²) in [5.74, 6) is 0. The fraction of sp³-hybridized carbons (Fsp3) is 0.909. The van der Waals surface area contributed by atoms with Crippen LogP contribution in [0.15, 0.2) is 0 Å². The number of hydrogen-bond donors (Lipinski definition) is 4. The maximum Gasteiger partial charge on any atom is 0.319 e. The van der Waals surface area contributed by atoms with Gasteiger partial charge in [-0.1, -0.05) is 0 Å². The molecular formula is C11H17FN2O5. The van der Waals surface area contributed by atoms with E-state index in [2.05, 4.69) is 5.32 Å². The highest BCUT2D eigenvalue weighted by Crippen LogP contribution is 2.50. The number of nitrogens with zero attached hydrogens (tertiary/aromatic N) is 1. The minimum atomic E-state index is -1.63. The number of amides is 2. The van der Waals surface area contributed by atoms with Gasteiger partial charge in [-0.25, -0.2) is 9.18 Å². The molecule has 2 aliphatic heterocycles. The SMILES string of the molecule is O=C1N[C@@H](O)CCN1CC1OC2(CC2O)[C@@H](O)[C@H]1F. The lowest BCUT2D eigenvalue weighted by atomic mass is 10.1. The average Bonchev–Trinajstić information content (AvgIpc) is 2.94. The van der Waals surface area contributed by atoms with Gasteiger partial charge in [0.15, 0.2) is 6.17 Å². The summed E-state index contributed by atoms with van der Waals surface area (Å²) in [6.07, 6.45) is -5.09. The van der Waals surface area contributed by atoms with Crippen molar-refractivity contribution in [3.8, 4) is 0 Å². The Bertz CT molecular complexity index is 397. The molecule has 0 aromatic heterocycles. The number of urea groups is 1. The lowest BCUT2D eigenvalue weighted by Crippen LogP contribution is -2.54. The number of ether oxygens (including phenoxy) is 1. The molecule has 108 valence electrons. The minimum Gasteiger partial charge on any atom is -0.390 e. The largest absolute Gasteiger partial charge is 0.390 e. The summed E-state index contributed by atoms with van der Waals surface area (Å²) in [5.41, 5.74) is -1.18. The van der Waals surface area contributed by atoms with Crippen LogP contribution in [0.4, 0.5) is 9.18 Å². The van der Waals surface area contributed by atoms with Crippen LogP contribution in [0.5, 0.6) is 0 Å². The van der Waals surface area contributed by atoms with E-state index < -0.39 is 42.3 Å². The summed E-state index contributed by atoms with van der Waals surface area (Å²) in [4.78, 5) is 12.9. The highest BCUT2D eigenvalue weighted by Gasteiger charge is 2.69. The molecule has 2 amide bonds. The second kappa shape index (κ2) is 4.27. The van der Waals surface area contributed by atoms with Crippen molar-refractivity contribution in [2.75, 3.05) is 13.1 Å². The Hall–Kier alpha value is -0.960. The van der Waals surface area contributed by atoms with Gasteiger partial charge in [0.1, 0.15) is 24.0 Å². The monoisotopic (exact) mass is 276 g/mol. The molecule has 0 aromatic carbocycles. The Morgan fingerprint density at radius 1 is 1.47 bits per heavy atom. The number of alkyl halides is 1. The van der Waals surface area contributed by atoms with E-state index in [-0.39, 0.29) is 13.0 Å². The van der Waals surface area contributed by atoms with Crippen LogP contribution < -0.4 is 5.32 Å². The number of carbonyl (C=O) groups excluding carboxylic acids is 1. The fourth-order valence-corrected chi connectivity index (χ4v) is 2.79. The number of aliphatic hydroxyl groups is 3. The summed E-state index contributed by atoms with van der Waals surface area (Å²) < 4.78 is 19.4. The maximum atomic E-state index is 14.0. The maximum absolute atomic E-state index is 14.0. The molecule has 8 heteroatoms. The second-order valence-corrected chi connectivity index (χ2v) is 5.42. The van der Waals surface area contributed by atoms with Crippen LogP contribution in [-0.4, -0.2) is 75.7 Å². The standard InChI is InChI=1S/C11H17FN2O5/c12-8-5(19-11(9(8)17)3-6(11)15)4-14-2-1-7(16)13-10(14)18/h5-9,15-17H,1-4H2,(H,13,18)/t5?,6?,7-,8-,9-,11?/m0/s1. The molecule has 2 saturated heterocycles. The molecule has 3 fully saturated rings. The number of halogens is 1. The zero-order chi connectivity index (χ0) is 13.8. The molecule has 0 aromatic rings. The Morgan fingerprint density at radius 2 is 2.16 bits per heavy atom. The molecule has 7 nitrogen and oxygen atoms in total. The highest BCUT2D eigenvalue weighted by atomic mass is 19.1. The second-order valence-electron chi connectivity index (χ2n) is 5.42. The molecule has 1 spiro atoms. The van der Waals surface area contributed by atoms with Crippen molar-refractivity contribution < 1.29 is 29.2 Å². The lowest BCUT2D eigenvalue weighted by molar-refractivity contribution is -0.0442. The third kappa shape index (κ3) is 1.99. The van der Waals surface area contributed by atoms with Gasteiger partial charge in [0.05, 0.1) is 12.6 Å². The molecule has 4 N–H and O–H groups in total. The topological polar surface area (TPSA) is 102 Å². The van der Waals surface area contributed by atoms with Gasteiger partial charge >= 0.3 is 6.03 Å². The zero-order valence-electron chi connectivity index (χ0n) is 10.2. The minimum absolute atomic E-state index is 0.00868. The highest BCUT2D eigenvalue weighted by molar-refractivity contribution is 5.75. The quantitative estimate of drug-likeness (QED) is 0.482. The van der Waals surface area contributed by atoms with E-state index >= 15 is 0 Å². The van der Waals surface area contributed by atoms with Gasteiger partial charge < -0.3 is 30.3 Å². The fourth-order valence-electron chi connectivity index (χ4n) is 2.79. The molecule has 3 aliphatic rings. The molecule has 2 heterocycles. The third-order valence-corrected chi connectivity index (χ3v) is 4.09. The first-order chi connectivity index (χ1) is 8.94. The summed E-state index contributed by atoms with van der Waals surface area (Å²) in [5, 5.41) is 30.8. The van der Waals surface area contributed by atoms with Gasteiger partial charge in [-0.3, -0.25) is 0 Å². The Balaban J connectivity index is 1.63. The van der Waals surface area contributed by atoms with Crippen molar-refractivity contribution in [2.45, 2.75) is 49.2 Å². The number of hydrogen-bond acceptors (Lipinski definition) is 5. The molecule has 1 aliphatic carbocycles. The van der Waals surface area contributed by atoms with Crippen LogP contribution in [0.3, 0.4) is 0 Å². The van der Waals surface area contributed by atoms with Crippen molar-refractivity contribution in [3.63, 3.8) is 0 Å². The van der Waals surface area contributed by atoms with Crippen LogP contribution in [0.25, 0.3) is 0 Å². The van der Waals surface area contributed by atoms with Crippen molar-refractivity contribution in [3.05, 3.63) is 0 Å². The predicted octanol–water partition coefficient (Wildman–Crippen LogP) is -1.68. The van der Waals surface area contributed by atoms with Crippen LogP contribution in [0.1, 0.15) is 12.8 Å². The number of carbonyl (C=O) groups is 1. The van der Waals surface area contributed by atoms with Crippen molar-refractivity contribution in [2.24, 2.45) is 0 Å². The van der Waals surface area contributed by atoms with Crippen LogP contribution in [0, 0.1) is 0 Å². The summed E-state index contributed by atoms with van der Waals surface area (Å²) in [6, 6.07) is -0.485. The van der Waals surface area contributed by atoms with Crippen molar-refractivity contribution in [1.29, 1.82) is 0 Å². The molecule has 0 bridgehead atoms. The van der Waals surface area contributed by atoms with Gasteiger partial charge in [0, 0.05) is 19.4 Å². The molecule has 3 rings (SSSR count). The number of rotatable bonds is 2. The van der Waals surface area contributed by atoms with E-state index in [1.165, 1.54) is 4.90 Å². The van der Waals surface area contributed by atoms with Gasteiger partial charge in [-0.15, -0.1) is 0 Å². The molecule has 3 unspecified atom stereocenters. The van der Waals surface area contributed by atoms with Crippen molar-refractivity contribution >= 4 is 6.03 Å². The third-order valence-electron chi connectivity index (χ3n) is 4.09. The van der Waals surface area contributed by atoms with Gasteiger partial charge in [0.2, 0.25) is 0 Å². The van der Waals surface area contributed by atoms with E-state index in [1.54, 1.807) is 0 Å². The molecule has 6 atom stereocenters. The molecule has 0 radical (unpaired) electrons. The molecule has 19 heavy (non-hydrogen) atoms. The normalized spacial score (nSPS) is 49.6. The van der Waals surface area contributed by atoms with Gasteiger partial charge in [-0.05, 0) is 0 Å². The van der Waals surface area contributed by atoms with E-state index in [1.807, 2.05) is 0 Å². The van der Waals surface area contributed by atoms with Crippen LogP contribution >= 0.6 is 0 Å². The molecule has 1 saturated carbocycles. The van der Waals surface area contributed by atoms with E-state index in [9.17, 15) is 24.5 Å². The van der Waals surface area contributed by atoms with Crippen LogP contribution in [0.2, 0.25) is 0 Å². The summed E-state index contributed by atoms with van der Waals surface area (Å²) in [6.45, 7) is 0.288. The Kier molecular flexibility index (Phi) is 2.93. The first kappa shape index (κ1) is 13.0. The van der Waals surface area contributed by atoms with Gasteiger partial charge in [-0.2, -0.15) is 0 Å². The first-order valence-electron chi connectivity index (χ1n) is 6.35. The first-order valence-corrected chi connectivity index (χ1v) is 6.35. The van der Waals surface area contributed by atoms with E-state index in [0.29, 0.717) is 13.0 Å². The zero-order valence-corrected chi connectivity index (χ0v) is 10.2. The van der Waals surface area contributed by atoms with E-state index in [4.69, 9.17) is 4.74 Å². The lowest BCUT2D eigenvalue weighted by Gasteiger charge is -2.32. The van der Waals surface area contributed by atoms with Crippen LogP contribution in [-0.2, 0) is 4.74 Å². The number of nitrogens with one attached hydrogen (secondary N) is 1. The van der Waals surface area contributed by atoms with E-state index in [0.717, 1.165) is 0 Å². The summed E-state index contributed by atoms with van der Waals surface area (Å²) in [7, 11) is 0. The average molecular weight is 276 g/mol.